The fourth-order valence-corrected chi connectivity index (χ4v) is 2.36. The topological polar surface area (TPSA) is 48.1 Å². The number of ether oxygens (including phenoxy) is 3. The highest BCUT2D eigenvalue weighted by atomic mass is 16.6. The van der Waals surface area contributed by atoms with Gasteiger partial charge in [-0.05, 0) is 43.9 Å². The van der Waals surface area contributed by atoms with Gasteiger partial charge in [0.2, 0.25) is 0 Å². The van der Waals surface area contributed by atoms with Gasteiger partial charge in [0.05, 0.1) is 6.61 Å². The number of hydrogen-bond donors (Lipinski definition) is 0. The molecule has 1 saturated heterocycles. The fraction of sp³-hybridized carbons (Fsp3) is 0.588. The molecule has 116 valence electrons. The van der Waals surface area contributed by atoms with E-state index in [0.717, 1.165) is 48.3 Å². The highest BCUT2D eigenvalue weighted by molar-refractivity contribution is 5.71. The second kappa shape index (κ2) is 6.94. The molecule has 0 N–H and O–H groups in total. The summed E-state index contributed by atoms with van der Waals surface area (Å²) in [6, 6.07) is 1.95. The maximum absolute atomic E-state index is 11.3. The highest BCUT2D eigenvalue weighted by Gasteiger charge is 2.24. The first-order valence-corrected chi connectivity index (χ1v) is 7.58. The molecule has 0 unspecified atom stereocenters. The van der Waals surface area contributed by atoms with Crippen LogP contribution in [-0.2, 0) is 16.0 Å². The summed E-state index contributed by atoms with van der Waals surface area (Å²) in [5.41, 5.74) is 3.08. The molecule has 1 atom stereocenters. The minimum absolute atomic E-state index is 0.233. The van der Waals surface area contributed by atoms with Crippen LogP contribution in [0, 0.1) is 13.8 Å². The molecule has 0 bridgehead atoms. The normalized spacial score (nSPS) is 16.7. The Morgan fingerprint density at radius 2 is 2.14 bits per heavy atom. The number of hydrogen-bond acceptors (Lipinski definition) is 4. The smallest absolute Gasteiger partial charge is 0.308 e. The van der Waals surface area contributed by atoms with E-state index >= 15 is 0 Å². The van der Waals surface area contributed by atoms with E-state index < -0.39 is 0 Å². The van der Waals surface area contributed by atoms with E-state index in [0.29, 0.717) is 12.4 Å². The van der Waals surface area contributed by atoms with E-state index in [2.05, 4.69) is 6.92 Å². The minimum atomic E-state index is -0.282. The predicted octanol–water partition coefficient (Wildman–Crippen LogP) is 3.35. The van der Waals surface area contributed by atoms with Crippen molar-refractivity contribution in [3.63, 3.8) is 0 Å². The molecule has 0 aliphatic carbocycles. The zero-order valence-corrected chi connectivity index (χ0v) is 13.3. The Morgan fingerprint density at radius 1 is 1.43 bits per heavy atom. The van der Waals surface area contributed by atoms with Crippen LogP contribution in [0.15, 0.2) is 6.07 Å². The van der Waals surface area contributed by atoms with Crippen LogP contribution in [0.25, 0.3) is 0 Å². The molecule has 2 rings (SSSR count). The van der Waals surface area contributed by atoms with Crippen molar-refractivity contribution in [2.75, 3.05) is 13.2 Å². The predicted molar refractivity (Wildman–Crippen MR) is 81.1 cm³/mol. The Hall–Kier alpha value is -1.55. The zero-order valence-electron chi connectivity index (χ0n) is 13.3. The largest absolute Gasteiger partial charge is 0.490 e. The summed E-state index contributed by atoms with van der Waals surface area (Å²) in [7, 11) is 0. The number of benzene rings is 1. The average Bonchev–Trinajstić information content (AvgIpc) is 3.24. The van der Waals surface area contributed by atoms with E-state index in [-0.39, 0.29) is 12.1 Å². The van der Waals surface area contributed by atoms with Gasteiger partial charge in [-0.2, -0.15) is 0 Å². The van der Waals surface area contributed by atoms with E-state index in [1.807, 2.05) is 19.9 Å². The first-order valence-electron chi connectivity index (χ1n) is 7.58. The molecule has 1 fully saturated rings. The Bertz CT molecular complexity index is 518. The van der Waals surface area contributed by atoms with Crippen LogP contribution in [0.5, 0.6) is 11.5 Å². The molecule has 21 heavy (non-hydrogen) atoms. The maximum atomic E-state index is 11.3. The highest BCUT2D eigenvalue weighted by Crippen LogP contribution is 2.35. The Kier molecular flexibility index (Phi) is 5.23. The third kappa shape index (κ3) is 4.21. The van der Waals surface area contributed by atoms with Gasteiger partial charge in [0.25, 0.3) is 0 Å². The number of esters is 1. The van der Waals surface area contributed by atoms with Gasteiger partial charge in [-0.1, -0.05) is 13.3 Å². The molecule has 1 aromatic carbocycles. The van der Waals surface area contributed by atoms with Gasteiger partial charge in [0.1, 0.15) is 24.2 Å². The number of rotatable bonds is 7. The molecule has 1 heterocycles. The number of carbonyl (C=O) groups excluding carboxylic acids is 1. The quantitative estimate of drug-likeness (QED) is 0.439. The second-order valence-corrected chi connectivity index (χ2v) is 5.59. The van der Waals surface area contributed by atoms with Gasteiger partial charge < -0.3 is 14.2 Å². The maximum Gasteiger partial charge on any atom is 0.308 e. The monoisotopic (exact) mass is 292 g/mol. The number of epoxide rings is 1. The molecule has 1 aliphatic heterocycles. The lowest BCUT2D eigenvalue weighted by atomic mass is 9.98. The van der Waals surface area contributed by atoms with Crippen molar-refractivity contribution < 1.29 is 19.0 Å². The lowest BCUT2D eigenvalue weighted by Gasteiger charge is -2.18. The minimum Gasteiger partial charge on any atom is -0.490 e. The fourth-order valence-electron chi connectivity index (χ4n) is 2.36. The SMILES string of the molecule is CCCCc1c(C)c(OC[C@@H]2CO2)cc(C)c1OC(C)=O. The first-order chi connectivity index (χ1) is 10.0. The van der Waals surface area contributed by atoms with Gasteiger partial charge in [-0.15, -0.1) is 0 Å². The number of carbonyl (C=O) groups is 1. The second-order valence-electron chi connectivity index (χ2n) is 5.59. The van der Waals surface area contributed by atoms with Crippen LogP contribution in [0.3, 0.4) is 0 Å². The molecular weight excluding hydrogens is 268 g/mol. The lowest BCUT2D eigenvalue weighted by Crippen LogP contribution is -2.10. The van der Waals surface area contributed by atoms with Gasteiger partial charge in [0.15, 0.2) is 0 Å². The van der Waals surface area contributed by atoms with Gasteiger partial charge >= 0.3 is 5.97 Å². The Morgan fingerprint density at radius 3 is 2.71 bits per heavy atom. The standard InChI is InChI=1S/C17H24O4/c1-5-6-7-15-12(3)16(20-10-14-9-19-14)8-11(2)17(15)21-13(4)18/h8,14H,5-7,9-10H2,1-4H3/t14-/m0/s1. The number of aryl methyl sites for hydroxylation is 1. The molecule has 4 nitrogen and oxygen atoms in total. The summed E-state index contributed by atoms with van der Waals surface area (Å²) in [6.45, 7) is 8.94. The summed E-state index contributed by atoms with van der Waals surface area (Å²) >= 11 is 0. The molecule has 0 saturated carbocycles. The van der Waals surface area contributed by atoms with Crippen molar-refractivity contribution in [2.45, 2.75) is 53.1 Å². The third-order valence-corrected chi connectivity index (χ3v) is 3.66. The Balaban J connectivity index is 2.29. The molecule has 4 heteroatoms. The van der Waals surface area contributed by atoms with E-state index in [1.54, 1.807) is 0 Å². The van der Waals surface area contributed by atoms with Crippen molar-refractivity contribution in [2.24, 2.45) is 0 Å². The van der Waals surface area contributed by atoms with Crippen LogP contribution in [0.1, 0.15) is 43.4 Å². The van der Waals surface area contributed by atoms with Crippen LogP contribution < -0.4 is 9.47 Å². The average molecular weight is 292 g/mol. The molecule has 0 radical (unpaired) electrons. The van der Waals surface area contributed by atoms with E-state index in [4.69, 9.17) is 14.2 Å². The van der Waals surface area contributed by atoms with Gasteiger partial charge in [-0.3, -0.25) is 4.79 Å². The number of unbranched alkanes of at least 4 members (excludes halogenated alkanes) is 1. The molecule has 0 spiro atoms. The molecule has 0 aromatic heterocycles. The molecule has 1 aromatic rings. The molecular formula is C17H24O4. The third-order valence-electron chi connectivity index (χ3n) is 3.66. The van der Waals surface area contributed by atoms with E-state index in [1.165, 1.54) is 6.92 Å². The van der Waals surface area contributed by atoms with Crippen molar-refractivity contribution in [3.05, 3.63) is 22.8 Å². The Labute approximate surface area is 126 Å². The van der Waals surface area contributed by atoms with Crippen molar-refractivity contribution in [3.8, 4) is 11.5 Å². The van der Waals surface area contributed by atoms with Crippen LogP contribution in [-0.4, -0.2) is 25.3 Å². The lowest BCUT2D eigenvalue weighted by molar-refractivity contribution is -0.132. The summed E-state index contributed by atoms with van der Waals surface area (Å²) < 4.78 is 16.5. The summed E-state index contributed by atoms with van der Waals surface area (Å²) in [6.07, 6.45) is 3.28. The van der Waals surface area contributed by atoms with Crippen LogP contribution >= 0.6 is 0 Å². The van der Waals surface area contributed by atoms with E-state index in [9.17, 15) is 4.79 Å². The van der Waals surface area contributed by atoms with Crippen molar-refractivity contribution in [1.29, 1.82) is 0 Å². The van der Waals surface area contributed by atoms with Crippen LogP contribution in [0.2, 0.25) is 0 Å². The van der Waals surface area contributed by atoms with Gasteiger partial charge in [-0.25, -0.2) is 0 Å². The van der Waals surface area contributed by atoms with Crippen molar-refractivity contribution >= 4 is 5.97 Å². The van der Waals surface area contributed by atoms with Crippen molar-refractivity contribution in [1.82, 2.24) is 0 Å². The summed E-state index contributed by atoms with van der Waals surface area (Å²) in [5, 5.41) is 0. The molecule has 1 aliphatic rings. The molecule has 0 amide bonds. The van der Waals surface area contributed by atoms with Gasteiger partial charge in [0, 0.05) is 12.5 Å². The zero-order chi connectivity index (χ0) is 15.4. The summed E-state index contributed by atoms with van der Waals surface area (Å²) in [4.78, 5) is 11.3. The van der Waals surface area contributed by atoms with Crippen LogP contribution in [0.4, 0.5) is 0 Å². The summed E-state index contributed by atoms with van der Waals surface area (Å²) in [5.74, 6) is 1.28. The first kappa shape index (κ1) is 15.8.